The van der Waals surface area contributed by atoms with Crippen molar-refractivity contribution in [1.29, 1.82) is 0 Å². The van der Waals surface area contributed by atoms with Crippen molar-refractivity contribution in [3.63, 3.8) is 0 Å². The molecule has 24 heavy (non-hydrogen) atoms. The van der Waals surface area contributed by atoms with E-state index in [4.69, 9.17) is 4.74 Å². The summed E-state index contributed by atoms with van der Waals surface area (Å²) in [7, 11) is 0. The maximum Gasteiger partial charge on any atom is 0.409 e. The molecule has 0 bridgehead atoms. The quantitative estimate of drug-likeness (QED) is 0.773. The Bertz CT molecular complexity index is 642. The molecule has 2 rings (SSSR count). The maximum atomic E-state index is 12.2. The number of piperazine rings is 1. The summed E-state index contributed by atoms with van der Waals surface area (Å²) in [5, 5.41) is 2.60. The van der Waals surface area contributed by atoms with E-state index in [0.29, 0.717) is 38.5 Å². The lowest BCUT2D eigenvalue weighted by Gasteiger charge is -2.33. The number of amides is 3. The Morgan fingerprint density at radius 3 is 2.38 bits per heavy atom. The van der Waals surface area contributed by atoms with Crippen molar-refractivity contribution >= 4 is 39.5 Å². The second-order valence-electron chi connectivity index (χ2n) is 5.40. The highest BCUT2D eigenvalue weighted by Crippen LogP contribution is 2.20. The monoisotopic (exact) mass is 397 g/mol. The van der Waals surface area contributed by atoms with Crippen molar-refractivity contribution < 1.29 is 19.1 Å². The predicted octanol–water partition coefficient (Wildman–Crippen LogP) is 2.00. The van der Waals surface area contributed by atoms with Gasteiger partial charge in [-0.2, -0.15) is 0 Å². The summed E-state index contributed by atoms with van der Waals surface area (Å²) in [6, 6.07) is 5.34. The number of halogens is 1. The fourth-order valence-electron chi connectivity index (χ4n) is 2.31. The van der Waals surface area contributed by atoms with Crippen molar-refractivity contribution in [2.45, 2.75) is 13.8 Å². The molecule has 1 heterocycles. The van der Waals surface area contributed by atoms with Crippen molar-refractivity contribution in [2.24, 2.45) is 0 Å². The molecule has 0 spiro atoms. The lowest BCUT2D eigenvalue weighted by Crippen LogP contribution is -2.53. The molecule has 1 aliphatic heterocycles. The predicted molar refractivity (Wildman–Crippen MR) is 92.7 cm³/mol. The van der Waals surface area contributed by atoms with Crippen molar-refractivity contribution in [3.8, 4) is 0 Å². The Labute approximate surface area is 149 Å². The second-order valence-corrected chi connectivity index (χ2v) is 6.25. The molecule has 1 saturated heterocycles. The first-order chi connectivity index (χ1) is 11.4. The molecule has 1 aromatic rings. The molecule has 0 atom stereocenters. The van der Waals surface area contributed by atoms with Crippen LogP contribution in [0.2, 0.25) is 0 Å². The lowest BCUT2D eigenvalue weighted by atomic mass is 10.2. The normalized spacial score (nSPS) is 14.3. The van der Waals surface area contributed by atoms with E-state index in [1.165, 1.54) is 9.80 Å². The van der Waals surface area contributed by atoms with Gasteiger partial charge in [-0.25, -0.2) is 4.79 Å². The zero-order valence-electron chi connectivity index (χ0n) is 13.7. The van der Waals surface area contributed by atoms with E-state index in [-0.39, 0.29) is 0 Å². The number of hydrogen-bond donors (Lipinski definition) is 1. The molecule has 0 aromatic heterocycles. The molecule has 0 unspecified atom stereocenters. The van der Waals surface area contributed by atoms with Gasteiger partial charge in [-0.3, -0.25) is 9.59 Å². The van der Waals surface area contributed by atoms with Gasteiger partial charge < -0.3 is 19.9 Å². The van der Waals surface area contributed by atoms with Gasteiger partial charge in [0.05, 0.1) is 6.61 Å². The van der Waals surface area contributed by atoms with Gasteiger partial charge in [0.15, 0.2) is 0 Å². The van der Waals surface area contributed by atoms with Crippen LogP contribution in [0.4, 0.5) is 10.5 Å². The van der Waals surface area contributed by atoms with Crippen LogP contribution in [0, 0.1) is 6.92 Å². The summed E-state index contributed by atoms with van der Waals surface area (Å²) < 4.78 is 5.78. The van der Waals surface area contributed by atoms with Gasteiger partial charge >= 0.3 is 17.9 Å². The third kappa shape index (κ3) is 4.47. The topological polar surface area (TPSA) is 79.0 Å². The Kier molecular flexibility index (Phi) is 6.19. The van der Waals surface area contributed by atoms with Crippen LogP contribution >= 0.6 is 15.9 Å². The fourth-order valence-corrected chi connectivity index (χ4v) is 2.68. The van der Waals surface area contributed by atoms with Crippen LogP contribution in [-0.4, -0.2) is 60.5 Å². The average Bonchev–Trinajstić information content (AvgIpc) is 2.58. The first kappa shape index (κ1) is 18.3. The van der Waals surface area contributed by atoms with Gasteiger partial charge in [-0.15, -0.1) is 0 Å². The molecule has 1 fully saturated rings. The van der Waals surface area contributed by atoms with Crippen molar-refractivity contribution in [3.05, 3.63) is 28.2 Å². The molecule has 7 nitrogen and oxygen atoms in total. The first-order valence-electron chi connectivity index (χ1n) is 7.70. The van der Waals surface area contributed by atoms with Crippen LogP contribution in [0.25, 0.3) is 0 Å². The van der Waals surface area contributed by atoms with E-state index in [1.54, 1.807) is 19.1 Å². The SMILES string of the molecule is CCOC(=O)N1CCN(C(=O)C(=O)Nc2ccc(C)c(Br)c2)CC1. The Balaban J connectivity index is 1.89. The zero-order valence-corrected chi connectivity index (χ0v) is 15.3. The van der Waals surface area contributed by atoms with Gasteiger partial charge in [0.2, 0.25) is 0 Å². The highest BCUT2D eigenvalue weighted by atomic mass is 79.9. The number of benzene rings is 1. The van der Waals surface area contributed by atoms with E-state index in [2.05, 4.69) is 21.2 Å². The van der Waals surface area contributed by atoms with Crippen LogP contribution in [0.3, 0.4) is 0 Å². The fraction of sp³-hybridized carbons (Fsp3) is 0.438. The molecular formula is C16H20BrN3O4. The zero-order chi connectivity index (χ0) is 17.7. The van der Waals surface area contributed by atoms with Crippen LogP contribution < -0.4 is 5.32 Å². The standard InChI is InChI=1S/C16H20BrN3O4/c1-3-24-16(23)20-8-6-19(7-9-20)15(22)14(21)18-12-5-4-11(2)13(17)10-12/h4-5,10H,3,6-9H2,1-2H3,(H,18,21). The summed E-state index contributed by atoms with van der Waals surface area (Å²) in [6.07, 6.45) is -0.390. The van der Waals surface area contributed by atoms with Gasteiger partial charge in [-0.1, -0.05) is 22.0 Å². The minimum absolute atomic E-state index is 0.308. The number of rotatable bonds is 2. The Hall–Kier alpha value is -2.09. The van der Waals surface area contributed by atoms with Gasteiger partial charge in [0, 0.05) is 36.3 Å². The van der Waals surface area contributed by atoms with Crippen molar-refractivity contribution in [2.75, 3.05) is 38.1 Å². The average molecular weight is 398 g/mol. The summed E-state index contributed by atoms with van der Waals surface area (Å²) >= 11 is 3.39. The van der Waals surface area contributed by atoms with Crippen LogP contribution in [0.15, 0.2) is 22.7 Å². The number of carbonyl (C=O) groups excluding carboxylic acids is 3. The molecule has 3 amide bonds. The van der Waals surface area contributed by atoms with E-state index in [0.717, 1.165) is 10.0 Å². The number of nitrogens with zero attached hydrogens (tertiary/aromatic N) is 2. The molecule has 0 aliphatic carbocycles. The highest BCUT2D eigenvalue weighted by molar-refractivity contribution is 9.10. The van der Waals surface area contributed by atoms with E-state index in [9.17, 15) is 14.4 Å². The number of nitrogens with one attached hydrogen (secondary N) is 1. The molecule has 8 heteroatoms. The van der Waals surface area contributed by atoms with E-state index < -0.39 is 17.9 Å². The van der Waals surface area contributed by atoms with Gasteiger partial charge in [0.1, 0.15) is 0 Å². The summed E-state index contributed by atoms with van der Waals surface area (Å²) in [5.41, 5.74) is 1.59. The molecule has 1 N–H and O–H groups in total. The molecule has 1 aliphatic rings. The van der Waals surface area contributed by atoms with E-state index >= 15 is 0 Å². The van der Waals surface area contributed by atoms with E-state index in [1.807, 2.05) is 13.0 Å². The summed E-state index contributed by atoms with van der Waals surface area (Å²) in [4.78, 5) is 38.9. The molecule has 0 saturated carbocycles. The summed E-state index contributed by atoms with van der Waals surface area (Å²) in [5.74, 6) is -1.29. The molecule has 130 valence electrons. The van der Waals surface area contributed by atoms with Crippen molar-refractivity contribution in [1.82, 2.24) is 9.80 Å². The smallest absolute Gasteiger partial charge is 0.409 e. The van der Waals surface area contributed by atoms with Crippen LogP contribution in [0.1, 0.15) is 12.5 Å². The van der Waals surface area contributed by atoms with Gasteiger partial charge in [0.25, 0.3) is 0 Å². The molecule has 1 aromatic carbocycles. The number of anilines is 1. The number of hydrogen-bond acceptors (Lipinski definition) is 4. The Morgan fingerprint density at radius 2 is 1.79 bits per heavy atom. The first-order valence-corrected chi connectivity index (χ1v) is 8.49. The number of carbonyl (C=O) groups is 3. The molecular weight excluding hydrogens is 378 g/mol. The maximum absolute atomic E-state index is 12.2. The third-order valence-electron chi connectivity index (χ3n) is 3.72. The Morgan fingerprint density at radius 1 is 1.17 bits per heavy atom. The minimum atomic E-state index is -0.685. The second kappa shape index (κ2) is 8.14. The van der Waals surface area contributed by atoms with Gasteiger partial charge in [-0.05, 0) is 31.5 Å². The summed E-state index contributed by atoms with van der Waals surface area (Å²) in [6.45, 7) is 5.31. The highest BCUT2D eigenvalue weighted by Gasteiger charge is 2.28. The minimum Gasteiger partial charge on any atom is -0.450 e. The largest absolute Gasteiger partial charge is 0.450 e. The third-order valence-corrected chi connectivity index (χ3v) is 4.57. The molecule has 0 radical (unpaired) electrons. The van der Waals surface area contributed by atoms with Crippen LogP contribution in [-0.2, 0) is 14.3 Å². The number of aryl methyl sites for hydroxylation is 1. The number of ether oxygens (including phenoxy) is 1. The lowest BCUT2D eigenvalue weighted by molar-refractivity contribution is -0.144. The van der Waals surface area contributed by atoms with Crippen LogP contribution in [0.5, 0.6) is 0 Å².